The van der Waals surface area contributed by atoms with E-state index >= 15 is 0 Å². The van der Waals surface area contributed by atoms with Crippen molar-refractivity contribution >= 4 is 5.97 Å². The molecule has 1 aromatic rings. The second-order valence-electron chi connectivity index (χ2n) is 4.36. The van der Waals surface area contributed by atoms with Gasteiger partial charge in [0.15, 0.2) is 0 Å². The van der Waals surface area contributed by atoms with Gasteiger partial charge in [-0.05, 0) is 18.9 Å². The van der Waals surface area contributed by atoms with Gasteiger partial charge >= 0.3 is 5.97 Å². The molecule has 1 aliphatic rings. The molecule has 18 heavy (non-hydrogen) atoms. The van der Waals surface area contributed by atoms with E-state index in [-0.39, 0.29) is 5.97 Å². The topological polar surface area (TPSA) is 61.3 Å². The number of aryl methyl sites for hydroxylation is 1. The highest BCUT2D eigenvalue weighted by atomic mass is 16.5. The van der Waals surface area contributed by atoms with Gasteiger partial charge in [0.1, 0.15) is 5.82 Å². The van der Waals surface area contributed by atoms with E-state index in [2.05, 4.69) is 14.7 Å². The van der Waals surface area contributed by atoms with Gasteiger partial charge in [-0.3, -0.25) is 4.79 Å². The summed E-state index contributed by atoms with van der Waals surface area (Å²) in [6, 6.07) is 1.96. The zero-order chi connectivity index (χ0) is 12.8. The summed E-state index contributed by atoms with van der Waals surface area (Å²) in [5.41, 5.74) is 1.06. The predicted octanol–water partition coefficient (Wildman–Crippen LogP) is 1.48. The lowest BCUT2D eigenvalue weighted by Gasteiger charge is -2.21. The van der Waals surface area contributed by atoms with Crippen LogP contribution in [-0.4, -0.2) is 36.3 Å². The van der Waals surface area contributed by atoms with Crippen LogP contribution in [0.15, 0.2) is 12.3 Å². The van der Waals surface area contributed by atoms with Crippen molar-refractivity contribution in [3.05, 3.63) is 23.8 Å². The van der Waals surface area contributed by atoms with Gasteiger partial charge in [-0.1, -0.05) is 0 Å². The van der Waals surface area contributed by atoms with Crippen molar-refractivity contribution in [2.75, 3.05) is 20.3 Å². The average Bonchev–Trinajstić information content (AvgIpc) is 2.46. The van der Waals surface area contributed by atoms with E-state index in [9.17, 15) is 4.79 Å². The number of hydrogen-bond acceptors (Lipinski definition) is 5. The SMILES string of the molecule is COC(=O)CCc1nccc(C2CCOCC2)n1. The van der Waals surface area contributed by atoms with Crippen molar-refractivity contribution in [3.63, 3.8) is 0 Å². The molecule has 98 valence electrons. The predicted molar refractivity (Wildman–Crippen MR) is 65.2 cm³/mol. The molecule has 0 aromatic carbocycles. The maximum Gasteiger partial charge on any atom is 0.305 e. The molecule has 0 bridgehead atoms. The highest BCUT2D eigenvalue weighted by molar-refractivity contribution is 5.69. The molecule has 0 saturated carbocycles. The minimum Gasteiger partial charge on any atom is -0.469 e. The lowest BCUT2D eigenvalue weighted by atomic mass is 9.96. The zero-order valence-electron chi connectivity index (χ0n) is 10.6. The molecular formula is C13H18N2O3. The normalized spacial score (nSPS) is 16.5. The Morgan fingerprint density at radius 1 is 1.50 bits per heavy atom. The van der Waals surface area contributed by atoms with Gasteiger partial charge in [-0.15, -0.1) is 0 Å². The third-order valence-electron chi connectivity index (χ3n) is 3.15. The fourth-order valence-corrected chi connectivity index (χ4v) is 2.07. The molecule has 0 radical (unpaired) electrons. The number of esters is 1. The van der Waals surface area contributed by atoms with E-state index in [1.165, 1.54) is 7.11 Å². The Labute approximate surface area is 107 Å². The number of carbonyl (C=O) groups excluding carboxylic acids is 1. The van der Waals surface area contributed by atoms with Crippen molar-refractivity contribution in [1.82, 2.24) is 9.97 Å². The second kappa shape index (κ2) is 6.44. The number of nitrogens with zero attached hydrogens (tertiary/aromatic N) is 2. The van der Waals surface area contributed by atoms with Crippen LogP contribution in [0.3, 0.4) is 0 Å². The Kier molecular flexibility index (Phi) is 4.64. The lowest BCUT2D eigenvalue weighted by Crippen LogP contribution is -2.16. The van der Waals surface area contributed by atoms with Crippen LogP contribution in [-0.2, 0) is 20.7 Å². The van der Waals surface area contributed by atoms with Crippen molar-refractivity contribution < 1.29 is 14.3 Å². The molecule has 0 amide bonds. The molecule has 1 saturated heterocycles. The minimum absolute atomic E-state index is 0.227. The van der Waals surface area contributed by atoms with Crippen LogP contribution in [0.2, 0.25) is 0 Å². The molecule has 5 heteroatoms. The molecular weight excluding hydrogens is 232 g/mol. The number of aromatic nitrogens is 2. The third kappa shape index (κ3) is 3.50. The molecule has 0 N–H and O–H groups in total. The Morgan fingerprint density at radius 3 is 3.00 bits per heavy atom. The first-order valence-corrected chi connectivity index (χ1v) is 6.26. The summed E-state index contributed by atoms with van der Waals surface area (Å²) in [4.78, 5) is 19.8. The van der Waals surface area contributed by atoms with Crippen LogP contribution < -0.4 is 0 Å². The van der Waals surface area contributed by atoms with Gasteiger partial charge in [0, 0.05) is 37.4 Å². The molecule has 5 nitrogen and oxygen atoms in total. The van der Waals surface area contributed by atoms with Crippen molar-refractivity contribution in [2.24, 2.45) is 0 Å². The van der Waals surface area contributed by atoms with E-state index in [4.69, 9.17) is 4.74 Å². The van der Waals surface area contributed by atoms with Crippen molar-refractivity contribution in [2.45, 2.75) is 31.6 Å². The fraction of sp³-hybridized carbons (Fsp3) is 0.615. The second-order valence-corrected chi connectivity index (χ2v) is 4.36. The van der Waals surface area contributed by atoms with E-state index in [0.29, 0.717) is 24.6 Å². The third-order valence-corrected chi connectivity index (χ3v) is 3.15. The Balaban J connectivity index is 1.98. The van der Waals surface area contributed by atoms with E-state index in [1.54, 1.807) is 6.20 Å². The molecule has 2 rings (SSSR count). The minimum atomic E-state index is -0.227. The molecule has 1 aromatic heterocycles. The van der Waals surface area contributed by atoms with Gasteiger partial charge in [0.25, 0.3) is 0 Å². The van der Waals surface area contributed by atoms with Crippen molar-refractivity contribution in [3.8, 4) is 0 Å². The van der Waals surface area contributed by atoms with Crippen LogP contribution >= 0.6 is 0 Å². The number of ether oxygens (including phenoxy) is 2. The van der Waals surface area contributed by atoms with E-state index in [0.717, 1.165) is 31.7 Å². The first-order valence-electron chi connectivity index (χ1n) is 6.26. The van der Waals surface area contributed by atoms with Crippen molar-refractivity contribution in [1.29, 1.82) is 0 Å². The Bertz CT molecular complexity index is 403. The first kappa shape index (κ1) is 13.0. The van der Waals surface area contributed by atoms with Crippen LogP contribution in [0.25, 0.3) is 0 Å². The Hall–Kier alpha value is -1.49. The summed E-state index contributed by atoms with van der Waals surface area (Å²) in [5.74, 6) is 0.943. The van der Waals surface area contributed by atoms with E-state index in [1.807, 2.05) is 6.07 Å². The average molecular weight is 250 g/mol. The summed E-state index contributed by atoms with van der Waals surface area (Å²) in [7, 11) is 1.39. The summed E-state index contributed by atoms with van der Waals surface area (Å²) in [5, 5.41) is 0. The molecule has 0 unspecified atom stereocenters. The Morgan fingerprint density at radius 2 is 2.28 bits per heavy atom. The highest BCUT2D eigenvalue weighted by Gasteiger charge is 2.17. The largest absolute Gasteiger partial charge is 0.469 e. The number of carbonyl (C=O) groups is 1. The highest BCUT2D eigenvalue weighted by Crippen LogP contribution is 2.24. The monoisotopic (exact) mass is 250 g/mol. The molecule has 1 fully saturated rings. The van der Waals surface area contributed by atoms with Gasteiger partial charge in [0.05, 0.1) is 13.5 Å². The number of methoxy groups -OCH3 is 1. The summed E-state index contributed by atoms with van der Waals surface area (Å²) >= 11 is 0. The van der Waals surface area contributed by atoms with Crippen LogP contribution in [0.4, 0.5) is 0 Å². The molecule has 0 spiro atoms. The molecule has 0 aliphatic carbocycles. The van der Waals surface area contributed by atoms with Crippen LogP contribution in [0, 0.1) is 0 Å². The molecule has 0 atom stereocenters. The van der Waals surface area contributed by atoms with Gasteiger partial charge < -0.3 is 9.47 Å². The van der Waals surface area contributed by atoms with Gasteiger partial charge in [-0.25, -0.2) is 9.97 Å². The maximum absolute atomic E-state index is 11.1. The lowest BCUT2D eigenvalue weighted by molar-refractivity contribution is -0.140. The first-order chi connectivity index (χ1) is 8.79. The quantitative estimate of drug-likeness (QED) is 0.757. The molecule has 2 heterocycles. The van der Waals surface area contributed by atoms with Gasteiger partial charge in [-0.2, -0.15) is 0 Å². The van der Waals surface area contributed by atoms with Crippen LogP contribution in [0.5, 0.6) is 0 Å². The fourth-order valence-electron chi connectivity index (χ4n) is 2.07. The summed E-state index contributed by atoms with van der Waals surface area (Å²) in [6.07, 6.45) is 4.64. The standard InChI is InChI=1S/C13H18N2O3/c1-17-13(16)3-2-12-14-7-4-11(15-12)10-5-8-18-9-6-10/h4,7,10H,2-3,5-6,8-9H2,1H3. The zero-order valence-corrected chi connectivity index (χ0v) is 10.6. The van der Waals surface area contributed by atoms with E-state index < -0.39 is 0 Å². The van der Waals surface area contributed by atoms with Crippen LogP contribution in [0.1, 0.15) is 36.7 Å². The molecule has 1 aliphatic heterocycles. The summed E-state index contributed by atoms with van der Waals surface area (Å²) in [6.45, 7) is 1.60. The number of hydrogen-bond donors (Lipinski definition) is 0. The maximum atomic E-state index is 11.1. The smallest absolute Gasteiger partial charge is 0.305 e. The summed E-state index contributed by atoms with van der Waals surface area (Å²) < 4.78 is 9.95. The van der Waals surface area contributed by atoms with Gasteiger partial charge in [0.2, 0.25) is 0 Å². The number of rotatable bonds is 4.